The van der Waals surface area contributed by atoms with Gasteiger partial charge in [0, 0.05) is 34.8 Å². The Kier molecular flexibility index (Phi) is 3.55. The van der Waals surface area contributed by atoms with Crippen LogP contribution in [-0.4, -0.2) is 28.6 Å². The number of furan rings is 1. The molecule has 0 aliphatic carbocycles. The molecule has 1 aliphatic heterocycles. The van der Waals surface area contributed by atoms with Crippen LogP contribution >= 0.6 is 0 Å². The highest BCUT2D eigenvalue weighted by Crippen LogP contribution is 2.45. The third-order valence-electron chi connectivity index (χ3n) is 6.23. The molecule has 0 unspecified atom stereocenters. The van der Waals surface area contributed by atoms with E-state index in [1.165, 1.54) is 5.56 Å². The number of nitrogens with zero attached hydrogens (tertiary/aromatic N) is 2. The first-order valence-corrected chi connectivity index (χ1v) is 9.97. The van der Waals surface area contributed by atoms with Gasteiger partial charge in [0.15, 0.2) is 5.69 Å². The van der Waals surface area contributed by atoms with Gasteiger partial charge in [-0.05, 0) is 47.5 Å². The number of hydrogen-bond acceptors (Lipinski definition) is 5. The Hall–Kier alpha value is -3.64. The minimum atomic E-state index is -0.186. The first kappa shape index (κ1) is 17.2. The Morgan fingerprint density at radius 3 is 2.73 bits per heavy atom. The second kappa shape index (κ2) is 6.18. The lowest BCUT2D eigenvalue weighted by molar-refractivity contribution is 0.314. The Morgan fingerprint density at radius 1 is 1.03 bits per heavy atom. The maximum absolute atomic E-state index is 11.5. The second-order valence-electron chi connectivity index (χ2n) is 7.99. The maximum atomic E-state index is 11.5. The van der Waals surface area contributed by atoms with E-state index >= 15 is 0 Å². The summed E-state index contributed by atoms with van der Waals surface area (Å²) >= 11 is 0. The fourth-order valence-corrected chi connectivity index (χ4v) is 4.82. The lowest BCUT2D eigenvalue weighted by Gasteiger charge is -2.27. The fourth-order valence-electron chi connectivity index (χ4n) is 4.82. The zero-order chi connectivity index (χ0) is 20.4. The van der Waals surface area contributed by atoms with E-state index in [-0.39, 0.29) is 11.6 Å². The van der Waals surface area contributed by atoms with Gasteiger partial charge in [0.1, 0.15) is 11.2 Å². The number of aromatic nitrogens is 1. The number of rotatable bonds is 2. The molecule has 0 fully saturated rings. The van der Waals surface area contributed by atoms with E-state index in [0.29, 0.717) is 5.39 Å². The molecule has 0 saturated heterocycles. The molecule has 1 aliphatic rings. The average Bonchev–Trinajstić information content (AvgIpc) is 3.30. The van der Waals surface area contributed by atoms with Crippen molar-refractivity contribution in [2.75, 3.05) is 13.6 Å². The van der Waals surface area contributed by atoms with Crippen LogP contribution in [0.1, 0.15) is 11.1 Å². The lowest BCUT2D eigenvalue weighted by atomic mass is 9.88. The van der Waals surface area contributed by atoms with Crippen LogP contribution in [0.15, 0.2) is 58.1 Å². The van der Waals surface area contributed by atoms with Crippen LogP contribution in [0, 0.1) is 4.91 Å². The summed E-state index contributed by atoms with van der Waals surface area (Å²) in [6, 6.07) is 16.2. The van der Waals surface area contributed by atoms with Crippen molar-refractivity contribution in [3.63, 3.8) is 0 Å². The van der Waals surface area contributed by atoms with Gasteiger partial charge in [0.25, 0.3) is 0 Å². The molecule has 148 valence electrons. The van der Waals surface area contributed by atoms with Gasteiger partial charge in [-0.2, -0.15) is 0 Å². The van der Waals surface area contributed by atoms with E-state index in [1.54, 1.807) is 0 Å². The molecule has 0 bridgehead atoms. The van der Waals surface area contributed by atoms with E-state index < -0.39 is 0 Å². The van der Waals surface area contributed by atoms with Gasteiger partial charge < -0.3 is 19.4 Å². The Bertz CT molecular complexity index is 1480. The van der Waals surface area contributed by atoms with Gasteiger partial charge in [0.2, 0.25) is 5.88 Å². The van der Waals surface area contributed by atoms with Crippen LogP contribution in [-0.2, 0) is 13.0 Å². The summed E-state index contributed by atoms with van der Waals surface area (Å²) < 4.78 is 6.27. The average molecular weight is 397 g/mol. The molecule has 0 radical (unpaired) electrons. The van der Waals surface area contributed by atoms with Gasteiger partial charge in [-0.3, -0.25) is 0 Å². The molecule has 0 saturated carbocycles. The molecular formula is C24H19N3O3. The first-order valence-electron chi connectivity index (χ1n) is 9.97. The number of hydrogen-bond donors (Lipinski definition) is 2. The predicted octanol–water partition coefficient (Wildman–Crippen LogP) is 5.83. The Morgan fingerprint density at radius 2 is 1.87 bits per heavy atom. The summed E-state index contributed by atoms with van der Waals surface area (Å²) in [6.45, 7) is 1.67. The number of fused-ring (bicyclic) bond motifs is 6. The largest absolute Gasteiger partial charge is 0.493 e. The van der Waals surface area contributed by atoms with Crippen LogP contribution in [0.25, 0.3) is 44.0 Å². The highest BCUT2D eigenvalue weighted by atomic mass is 16.3. The fraction of sp³-hybridized carbons (Fsp3) is 0.167. The van der Waals surface area contributed by atoms with Crippen LogP contribution in [0.3, 0.4) is 0 Å². The van der Waals surface area contributed by atoms with Crippen LogP contribution in [0.2, 0.25) is 0 Å². The van der Waals surface area contributed by atoms with Crippen molar-refractivity contribution in [2.24, 2.45) is 5.18 Å². The molecule has 0 amide bonds. The lowest BCUT2D eigenvalue weighted by Crippen LogP contribution is -2.27. The van der Waals surface area contributed by atoms with Gasteiger partial charge in [-0.15, -0.1) is 4.91 Å². The summed E-state index contributed by atoms with van der Waals surface area (Å²) in [5.41, 5.74) is 6.84. The monoisotopic (exact) mass is 397 g/mol. The number of para-hydroxylation sites is 2. The van der Waals surface area contributed by atoms with Crippen molar-refractivity contribution in [1.29, 1.82) is 0 Å². The highest BCUT2D eigenvalue weighted by molar-refractivity contribution is 6.11. The molecule has 3 aromatic carbocycles. The third kappa shape index (κ3) is 2.28. The molecule has 0 atom stereocenters. The van der Waals surface area contributed by atoms with Crippen molar-refractivity contribution in [3.05, 3.63) is 64.6 Å². The van der Waals surface area contributed by atoms with Crippen LogP contribution in [0.5, 0.6) is 5.88 Å². The molecule has 2 aromatic heterocycles. The number of aromatic amines is 1. The first-order chi connectivity index (χ1) is 14.7. The van der Waals surface area contributed by atoms with Crippen molar-refractivity contribution in [1.82, 2.24) is 9.88 Å². The summed E-state index contributed by atoms with van der Waals surface area (Å²) in [6.07, 6.45) is 0.872. The van der Waals surface area contributed by atoms with Crippen LogP contribution < -0.4 is 0 Å². The Labute approximate surface area is 171 Å². The molecule has 5 aromatic rings. The SMILES string of the molecule is CN1CCc2c(-c3cccc4c3oc3ccccc34)cc3c(N=O)c(O)[nH]c3c2C1. The molecule has 6 nitrogen and oxygen atoms in total. The molecule has 6 heteroatoms. The minimum Gasteiger partial charge on any atom is -0.493 e. The molecule has 3 heterocycles. The number of benzene rings is 3. The summed E-state index contributed by atoms with van der Waals surface area (Å²) in [7, 11) is 2.07. The summed E-state index contributed by atoms with van der Waals surface area (Å²) in [5.74, 6) is -0.186. The second-order valence-corrected chi connectivity index (χ2v) is 7.99. The van der Waals surface area contributed by atoms with Gasteiger partial charge in [-0.1, -0.05) is 36.4 Å². The third-order valence-corrected chi connectivity index (χ3v) is 6.23. The number of likely N-dealkylation sites (N-methyl/N-ethyl adjacent to an activating group) is 1. The molecule has 30 heavy (non-hydrogen) atoms. The molecular weight excluding hydrogens is 378 g/mol. The predicted molar refractivity (Wildman–Crippen MR) is 118 cm³/mol. The van der Waals surface area contributed by atoms with E-state index in [2.05, 4.69) is 40.3 Å². The minimum absolute atomic E-state index is 0.0547. The molecule has 6 rings (SSSR count). The smallest absolute Gasteiger partial charge is 0.219 e. The van der Waals surface area contributed by atoms with Crippen molar-refractivity contribution in [2.45, 2.75) is 13.0 Å². The Balaban J connectivity index is 1.74. The molecule has 2 N–H and O–H groups in total. The standard InChI is InChI=1S/C24H19N3O3/c1-27-10-9-13-17(11-18-21(19(13)12-27)25-24(28)22(18)26-29)16-7-4-6-15-14-5-2-3-8-20(14)30-23(15)16/h2-8,11,25,28H,9-10,12H2,1H3. The maximum Gasteiger partial charge on any atom is 0.219 e. The van der Waals surface area contributed by atoms with Crippen molar-refractivity contribution >= 4 is 38.5 Å². The van der Waals surface area contributed by atoms with E-state index in [9.17, 15) is 10.0 Å². The van der Waals surface area contributed by atoms with Crippen molar-refractivity contribution < 1.29 is 9.52 Å². The van der Waals surface area contributed by atoms with E-state index in [1.807, 2.05) is 30.3 Å². The molecule has 0 spiro atoms. The van der Waals surface area contributed by atoms with Crippen LogP contribution in [0.4, 0.5) is 5.69 Å². The summed E-state index contributed by atoms with van der Waals surface area (Å²) in [5, 5.41) is 16.1. The van der Waals surface area contributed by atoms with E-state index in [4.69, 9.17) is 4.42 Å². The zero-order valence-corrected chi connectivity index (χ0v) is 16.4. The number of nitrogens with one attached hydrogen (secondary N) is 1. The van der Waals surface area contributed by atoms with E-state index in [0.717, 1.165) is 63.7 Å². The van der Waals surface area contributed by atoms with Gasteiger partial charge in [0.05, 0.1) is 5.52 Å². The topological polar surface area (TPSA) is 81.8 Å². The van der Waals surface area contributed by atoms with Gasteiger partial charge >= 0.3 is 0 Å². The highest BCUT2D eigenvalue weighted by Gasteiger charge is 2.26. The normalized spacial score (nSPS) is 14.6. The summed E-state index contributed by atoms with van der Waals surface area (Å²) in [4.78, 5) is 16.7. The quantitative estimate of drug-likeness (QED) is 0.367. The zero-order valence-electron chi connectivity index (χ0n) is 16.4. The number of aromatic hydroxyl groups is 1. The number of nitroso groups, excluding NO2 is 1. The number of H-pyrrole nitrogens is 1. The van der Waals surface area contributed by atoms with Crippen molar-refractivity contribution in [3.8, 4) is 17.0 Å². The van der Waals surface area contributed by atoms with Gasteiger partial charge in [-0.25, -0.2) is 0 Å².